The normalized spacial score (nSPS) is 16.7. The van der Waals surface area contributed by atoms with E-state index in [-0.39, 0.29) is 0 Å². The molecule has 0 radical (unpaired) electrons. The van der Waals surface area contributed by atoms with Gasteiger partial charge in [0.2, 0.25) is 5.95 Å². The van der Waals surface area contributed by atoms with Crippen molar-refractivity contribution < 1.29 is 0 Å². The van der Waals surface area contributed by atoms with Gasteiger partial charge in [0.15, 0.2) is 0 Å². The lowest BCUT2D eigenvalue weighted by Crippen LogP contribution is -2.47. The molecule has 0 amide bonds. The van der Waals surface area contributed by atoms with Crippen molar-refractivity contribution in [3.8, 4) is 0 Å². The zero-order chi connectivity index (χ0) is 15.2. The number of unbranched alkanes of at least 4 members (excludes halogenated alkanes) is 1. The number of piperazine rings is 1. The van der Waals surface area contributed by atoms with E-state index in [1.54, 1.807) is 0 Å². The monoisotopic (exact) mass is 291 g/mol. The van der Waals surface area contributed by atoms with Gasteiger partial charge in [-0.3, -0.25) is 4.90 Å². The third kappa shape index (κ3) is 4.64. The molecule has 2 rings (SSSR count). The van der Waals surface area contributed by atoms with E-state index in [2.05, 4.69) is 41.6 Å². The second kappa shape index (κ2) is 7.71. The predicted molar refractivity (Wildman–Crippen MR) is 87.8 cm³/mol. The van der Waals surface area contributed by atoms with Gasteiger partial charge in [-0.05, 0) is 44.8 Å². The predicted octanol–water partition coefficient (Wildman–Crippen LogP) is 1.77. The number of aromatic nitrogens is 2. The van der Waals surface area contributed by atoms with Crippen molar-refractivity contribution in [2.24, 2.45) is 5.73 Å². The summed E-state index contributed by atoms with van der Waals surface area (Å²) in [6.07, 6.45) is 2.33. The Balaban J connectivity index is 1.93. The van der Waals surface area contributed by atoms with Crippen molar-refractivity contribution in [3.05, 3.63) is 17.5 Å². The van der Waals surface area contributed by atoms with Crippen LogP contribution in [0.4, 0.5) is 5.95 Å². The molecule has 5 nitrogen and oxygen atoms in total. The Morgan fingerprint density at radius 3 is 2.48 bits per heavy atom. The van der Waals surface area contributed by atoms with E-state index in [0.717, 1.165) is 63.0 Å². The summed E-state index contributed by atoms with van der Waals surface area (Å²) in [6.45, 7) is 12.6. The lowest BCUT2D eigenvalue weighted by molar-refractivity contribution is 0.252. The summed E-state index contributed by atoms with van der Waals surface area (Å²) in [5, 5.41) is 0. The van der Waals surface area contributed by atoms with Gasteiger partial charge in [-0.1, -0.05) is 13.8 Å². The van der Waals surface area contributed by atoms with Crippen LogP contribution in [0, 0.1) is 6.92 Å². The average Bonchev–Trinajstić information content (AvgIpc) is 2.47. The number of nitrogens with zero attached hydrogens (tertiary/aromatic N) is 4. The fourth-order valence-corrected chi connectivity index (χ4v) is 2.67. The first-order valence-corrected chi connectivity index (χ1v) is 8.13. The maximum atomic E-state index is 5.55. The second-order valence-electron chi connectivity index (χ2n) is 6.21. The molecule has 0 unspecified atom stereocenters. The lowest BCUT2D eigenvalue weighted by Gasteiger charge is -2.35. The highest BCUT2D eigenvalue weighted by atomic mass is 15.3. The van der Waals surface area contributed by atoms with Crippen LogP contribution in [0.3, 0.4) is 0 Å². The molecule has 1 aromatic rings. The van der Waals surface area contributed by atoms with Crippen molar-refractivity contribution in [2.45, 2.75) is 39.5 Å². The number of anilines is 1. The summed E-state index contributed by atoms with van der Waals surface area (Å²) < 4.78 is 0. The summed E-state index contributed by atoms with van der Waals surface area (Å²) in [5.41, 5.74) is 7.76. The van der Waals surface area contributed by atoms with E-state index in [9.17, 15) is 0 Å². The molecule has 2 N–H and O–H groups in total. The largest absolute Gasteiger partial charge is 0.338 e. The molecule has 118 valence electrons. The molecular weight excluding hydrogens is 262 g/mol. The van der Waals surface area contributed by atoms with Gasteiger partial charge in [0.25, 0.3) is 0 Å². The summed E-state index contributed by atoms with van der Waals surface area (Å²) in [7, 11) is 0. The average molecular weight is 291 g/mol. The SMILES string of the molecule is Cc1cc(C(C)C)nc(N2CCN(CCCCN)CC2)n1. The molecular formula is C16H29N5. The zero-order valence-electron chi connectivity index (χ0n) is 13.7. The molecule has 1 aromatic heterocycles. The van der Waals surface area contributed by atoms with Crippen LogP contribution >= 0.6 is 0 Å². The quantitative estimate of drug-likeness (QED) is 0.810. The van der Waals surface area contributed by atoms with Crippen LogP contribution in [0.1, 0.15) is 44.0 Å². The standard InChI is InChI=1S/C16H29N5/c1-13(2)15-12-14(3)18-16(19-15)21-10-8-20(9-11-21)7-5-4-6-17/h12-13H,4-11,17H2,1-3H3. The van der Waals surface area contributed by atoms with Gasteiger partial charge in [-0.15, -0.1) is 0 Å². The Kier molecular flexibility index (Phi) is 5.94. The first kappa shape index (κ1) is 16.2. The van der Waals surface area contributed by atoms with E-state index in [4.69, 9.17) is 10.7 Å². The molecule has 0 bridgehead atoms. The van der Waals surface area contributed by atoms with E-state index in [1.165, 1.54) is 6.42 Å². The third-order valence-corrected chi connectivity index (χ3v) is 4.04. The summed E-state index contributed by atoms with van der Waals surface area (Å²) in [5.74, 6) is 1.35. The molecule has 0 spiro atoms. The van der Waals surface area contributed by atoms with Crippen LogP contribution in [0.15, 0.2) is 6.07 Å². The highest BCUT2D eigenvalue weighted by Crippen LogP contribution is 2.18. The van der Waals surface area contributed by atoms with E-state index < -0.39 is 0 Å². The zero-order valence-corrected chi connectivity index (χ0v) is 13.7. The minimum absolute atomic E-state index is 0.447. The maximum Gasteiger partial charge on any atom is 0.225 e. The fourth-order valence-electron chi connectivity index (χ4n) is 2.67. The van der Waals surface area contributed by atoms with E-state index in [1.807, 2.05) is 0 Å². The molecule has 1 aliphatic heterocycles. The van der Waals surface area contributed by atoms with Crippen LogP contribution in [0.5, 0.6) is 0 Å². The molecule has 0 saturated carbocycles. The molecule has 1 fully saturated rings. The third-order valence-electron chi connectivity index (χ3n) is 4.04. The molecule has 0 aliphatic carbocycles. The van der Waals surface area contributed by atoms with E-state index in [0.29, 0.717) is 5.92 Å². The molecule has 1 saturated heterocycles. The van der Waals surface area contributed by atoms with E-state index >= 15 is 0 Å². The number of aryl methyl sites for hydroxylation is 1. The molecule has 1 aliphatic rings. The minimum atomic E-state index is 0.447. The van der Waals surface area contributed by atoms with Crippen molar-refractivity contribution in [2.75, 3.05) is 44.2 Å². The Morgan fingerprint density at radius 1 is 1.14 bits per heavy atom. The highest BCUT2D eigenvalue weighted by Gasteiger charge is 2.19. The van der Waals surface area contributed by atoms with Crippen molar-refractivity contribution in [3.63, 3.8) is 0 Å². The van der Waals surface area contributed by atoms with Gasteiger partial charge in [-0.25, -0.2) is 9.97 Å². The Labute approximate surface area is 128 Å². The summed E-state index contributed by atoms with van der Waals surface area (Å²) in [6, 6.07) is 2.09. The van der Waals surface area contributed by atoms with Gasteiger partial charge in [0, 0.05) is 37.6 Å². The second-order valence-corrected chi connectivity index (χ2v) is 6.21. The maximum absolute atomic E-state index is 5.55. The first-order chi connectivity index (χ1) is 10.1. The molecule has 2 heterocycles. The van der Waals surface area contributed by atoms with Crippen LogP contribution in [-0.2, 0) is 0 Å². The van der Waals surface area contributed by atoms with Gasteiger partial charge in [0.05, 0.1) is 0 Å². The van der Waals surface area contributed by atoms with Crippen LogP contribution in [0.25, 0.3) is 0 Å². The van der Waals surface area contributed by atoms with Crippen molar-refractivity contribution >= 4 is 5.95 Å². The van der Waals surface area contributed by atoms with Crippen LogP contribution in [-0.4, -0.2) is 54.1 Å². The minimum Gasteiger partial charge on any atom is -0.338 e. The van der Waals surface area contributed by atoms with Crippen LogP contribution in [0.2, 0.25) is 0 Å². The molecule has 5 heteroatoms. The fraction of sp³-hybridized carbons (Fsp3) is 0.750. The van der Waals surface area contributed by atoms with Gasteiger partial charge >= 0.3 is 0 Å². The van der Waals surface area contributed by atoms with Gasteiger partial charge < -0.3 is 10.6 Å². The highest BCUT2D eigenvalue weighted by molar-refractivity contribution is 5.33. The van der Waals surface area contributed by atoms with Crippen molar-refractivity contribution in [1.29, 1.82) is 0 Å². The van der Waals surface area contributed by atoms with Crippen molar-refractivity contribution in [1.82, 2.24) is 14.9 Å². The molecule has 0 aromatic carbocycles. The molecule has 0 atom stereocenters. The number of rotatable bonds is 6. The Hall–Kier alpha value is -1.20. The smallest absolute Gasteiger partial charge is 0.225 e. The molecule has 21 heavy (non-hydrogen) atoms. The number of hydrogen-bond donors (Lipinski definition) is 1. The number of hydrogen-bond acceptors (Lipinski definition) is 5. The van der Waals surface area contributed by atoms with Gasteiger partial charge in [-0.2, -0.15) is 0 Å². The topological polar surface area (TPSA) is 58.3 Å². The first-order valence-electron chi connectivity index (χ1n) is 8.13. The Morgan fingerprint density at radius 2 is 1.86 bits per heavy atom. The summed E-state index contributed by atoms with van der Waals surface area (Å²) >= 11 is 0. The Bertz CT molecular complexity index is 438. The number of nitrogens with two attached hydrogens (primary N) is 1. The van der Waals surface area contributed by atoms with Crippen LogP contribution < -0.4 is 10.6 Å². The van der Waals surface area contributed by atoms with Gasteiger partial charge in [0.1, 0.15) is 0 Å². The lowest BCUT2D eigenvalue weighted by atomic mass is 10.1. The summed E-state index contributed by atoms with van der Waals surface area (Å²) in [4.78, 5) is 14.2.